The zero-order valence-electron chi connectivity index (χ0n) is 16.5. The lowest BCUT2D eigenvalue weighted by atomic mass is 10.0. The number of hydrogen-bond acceptors (Lipinski definition) is 6. The maximum absolute atomic E-state index is 14.3. The first-order valence-corrected chi connectivity index (χ1v) is 10.8. The summed E-state index contributed by atoms with van der Waals surface area (Å²) in [5, 5.41) is 10.4. The molecule has 160 valence electrons. The minimum atomic E-state index is -0.729. The van der Waals surface area contributed by atoms with Crippen LogP contribution >= 0.6 is 23.4 Å². The first-order valence-electron chi connectivity index (χ1n) is 9.58. The van der Waals surface area contributed by atoms with Crippen LogP contribution in [0.2, 0.25) is 5.02 Å². The molecule has 3 aromatic rings. The van der Waals surface area contributed by atoms with E-state index in [2.05, 4.69) is 4.98 Å². The lowest BCUT2D eigenvalue weighted by molar-refractivity contribution is -0.156. The number of aliphatic hydroxyl groups is 1. The molecular weight excluding hydrogens is 441 g/mol. The molecule has 0 amide bonds. The fourth-order valence-corrected chi connectivity index (χ4v) is 4.56. The van der Waals surface area contributed by atoms with Crippen LogP contribution < -0.4 is 4.74 Å². The maximum Gasteiger partial charge on any atom is 0.309 e. The molecule has 1 aliphatic heterocycles. The number of halogens is 2. The van der Waals surface area contributed by atoms with Gasteiger partial charge >= 0.3 is 5.97 Å². The standard InChI is InChI=1S/C23H19ClFNO4S/c1-29-15-3-2-4-17(9-15)31-23-13(5-6-16-7-14(27)8-22(28)30-16)12-26-21-11-19(24)20(25)10-18(21)23/h2-6,9-12,14,16,27H,7-8H2,1H3/b6-5+. The van der Waals surface area contributed by atoms with Crippen molar-refractivity contribution in [2.45, 2.75) is 34.8 Å². The summed E-state index contributed by atoms with van der Waals surface area (Å²) in [6.07, 6.45) is 4.21. The third kappa shape index (κ3) is 5.01. The van der Waals surface area contributed by atoms with Crippen LogP contribution in [0.4, 0.5) is 4.39 Å². The number of carbonyl (C=O) groups is 1. The van der Waals surface area contributed by atoms with Crippen molar-refractivity contribution < 1.29 is 23.8 Å². The summed E-state index contributed by atoms with van der Waals surface area (Å²) in [6, 6.07) is 10.4. The molecule has 0 saturated carbocycles. The maximum atomic E-state index is 14.3. The number of fused-ring (bicyclic) bond motifs is 1. The van der Waals surface area contributed by atoms with Gasteiger partial charge in [-0.1, -0.05) is 35.5 Å². The number of hydrogen-bond donors (Lipinski definition) is 1. The van der Waals surface area contributed by atoms with Crippen molar-refractivity contribution in [1.82, 2.24) is 4.98 Å². The lowest BCUT2D eigenvalue weighted by Crippen LogP contribution is -2.31. The minimum Gasteiger partial charge on any atom is -0.497 e. The molecule has 1 aromatic heterocycles. The quantitative estimate of drug-likeness (QED) is 0.524. The van der Waals surface area contributed by atoms with E-state index in [0.29, 0.717) is 23.1 Å². The Morgan fingerprint density at radius 2 is 2.19 bits per heavy atom. The molecule has 2 atom stereocenters. The highest BCUT2D eigenvalue weighted by Crippen LogP contribution is 2.38. The van der Waals surface area contributed by atoms with Crippen molar-refractivity contribution in [3.05, 3.63) is 65.1 Å². The lowest BCUT2D eigenvalue weighted by Gasteiger charge is -2.23. The zero-order chi connectivity index (χ0) is 22.0. The van der Waals surface area contributed by atoms with Gasteiger partial charge in [-0.2, -0.15) is 0 Å². The van der Waals surface area contributed by atoms with Crippen molar-refractivity contribution in [3.8, 4) is 5.75 Å². The molecule has 0 aliphatic carbocycles. The number of benzene rings is 2. The fourth-order valence-electron chi connectivity index (χ4n) is 3.33. The van der Waals surface area contributed by atoms with E-state index in [9.17, 15) is 14.3 Å². The summed E-state index contributed by atoms with van der Waals surface area (Å²) >= 11 is 7.38. The van der Waals surface area contributed by atoms with Gasteiger partial charge in [0.15, 0.2) is 0 Å². The van der Waals surface area contributed by atoms with Gasteiger partial charge in [0.25, 0.3) is 0 Å². The van der Waals surface area contributed by atoms with Crippen LogP contribution in [0, 0.1) is 5.82 Å². The Kier molecular flexibility index (Phi) is 6.46. The Hall–Kier alpha value is -2.61. The molecule has 4 rings (SSSR count). The van der Waals surface area contributed by atoms with E-state index in [1.807, 2.05) is 24.3 Å². The minimum absolute atomic E-state index is 0.00114. The number of methoxy groups -OCH3 is 1. The van der Waals surface area contributed by atoms with Crippen LogP contribution in [0.15, 0.2) is 58.5 Å². The van der Waals surface area contributed by atoms with Gasteiger partial charge in [-0.25, -0.2) is 4.39 Å². The zero-order valence-corrected chi connectivity index (χ0v) is 18.1. The predicted octanol–water partition coefficient (Wildman–Crippen LogP) is 5.27. The monoisotopic (exact) mass is 459 g/mol. The highest BCUT2D eigenvalue weighted by molar-refractivity contribution is 7.99. The average molecular weight is 460 g/mol. The summed E-state index contributed by atoms with van der Waals surface area (Å²) in [7, 11) is 1.59. The van der Waals surface area contributed by atoms with Crippen molar-refractivity contribution in [2.75, 3.05) is 7.11 Å². The number of esters is 1. The third-order valence-electron chi connectivity index (χ3n) is 4.83. The fraction of sp³-hybridized carbons (Fsp3) is 0.217. The van der Waals surface area contributed by atoms with Gasteiger partial charge in [0.1, 0.15) is 17.7 Å². The molecule has 0 radical (unpaired) electrons. The smallest absolute Gasteiger partial charge is 0.309 e. The normalized spacial score (nSPS) is 19.0. The third-order valence-corrected chi connectivity index (χ3v) is 6.27. The summed E-state index contributed by atoms with van der Waals surface area (Å²) < 4.78 is 24.9. The second-order valence-corrected chi connectivity index (χ2v) is 8.58. The molecule has 2 unspecified atom stereocenters. The van der Waals surface area contributed by atoms with E-state index in [0.717, 1.165) is 15.4 Å². The number of pyridine rings is 1. The van der Waals surface area contributed by atoms with Gasteiger partial charge in [0.05, 0.1) is 30.2 Å². The van der Waals surface area contributed by atoms with E-state index < -0.39 is 24.0 Å². The molecule has 5 nitrogen and oxygen atoms in total. The Bertz CT molecular complexity index is 1170. The topological polar surface area (TPSA) is 68.7 Å². The van der Waals surface area contributed by atoms with Crippen molar-refractivity contribution in [1.29, 1.82) is 0 Å². The van der Waals surface area contributed by atoms with Crippen molar-refractivity contribution in [2.24, 2.45) is 0 Å². The summed E-state index contributed by atoms with van der Waals surface area (Å²) in [5.41, 5.74) is 1.28. The molecule has 1 saturated heterocycles. The average Bonchev–Trinajstić information content (AvgIpc) is 2.74. The van der Waals surface area contributed by atoms with E-state index in [-0.39, 0.29) is 11.4 Å². The number of carbonyl (C=O) groups excluding carboxylic acids is 1. The second-order valence-electron chi connectivity index (χ2n) is 7.09. The van der Waals surface area contributed by atoms with E-state index >= 15 is 0 Å². The molecule has 1 fully saturated rings. The van der Waals surface area contributed by atoms with Gasteiger partial charge in [0.2, 0.25) is 0 Å². The molecule has 0 bridgehead atoms. The number of ether oxygens (including phenoxy) is 2. The molecule has 1 aliphatic rings. The first-order chi connectivity index (χ1) is 14.9. The molecule has 2 heterocycles. The molecular formula is C23H19ClFNO4S. The highest BCUT2D eigenvalue weighted by Gasteiger charge is 2.25. The van der Waals surface area contributed by atoms with Crippen molar-refractivity contribution in [3.63, 3.8) is 0 Å². The summed E-state index contributed by atoms with van der Waals surface area (Å²) in [6.45, 7) is 0. The molecule has 1 N–H and O–H groups in total. The van der Waals surface area contributed by atoms with Crippen LogP contribution in [0.5, 0.6) is 5.75 Å². The Morgan fingerprint density at radius 3 is 2.97 bits per heavy atom. The number of nitrogens with zero attached hydrogens (tertiary/aromatic N) is 1. The second kappa shape index (κ2) is 9.26. The van der Waals surface area contributed by atoms with Gasteiger partial charge in [-0.15, -0.1) is 0 Å². The number of rotatable bonds is 5. The van der Waals surface area contributed by atoms with Crippen LogP contribution in [0.25, 0.3) is 17.0 Å². The van der Waals surface area contributed by atoms with E-state index in [4.69, 9.17) is 21.1 Å². The van der Waals surface area contributed by atoms with Crippen LogP contribution in [0.3, 0.4) is 0 Å². The Balaban J connectivity index is 1.76. The number of aromatic nitrogens is 1. The largest absolute Gasteiger partial charge is 0.497 e. The Morgan fingerprint density at radius 1 is 1.35 bits per heavy atom. The molecule has 2 aromatic carbocycles. The molecule has 0 spiro atoms. The van der Waals surface area contributed by atoms with Gasteiger partial charge in [0, 0.05) is 33.4 Å². The van der Waals surface area contributed by atoms with Gasteiger partial charge in [-0.3, -0.25) is 9.78 Å². The highest BCUT2D eigenvalue weighted by atomic mass is 35.5. The SMILES string of the molecule is COc1cccc(Sc2c(/C=C/C3CC(O)CC(=O)O3)cnc3cc(Cl)c(F)cc23)c1. The molecule has 31 heavy (non-hydrogen) atoms. The number of cyclic esters (lactones) is 1. The van der Waals surface area contributed by atoms with Crippen LogP contribution in [-0.4, -0.2) is 35.4 Å². The van der Waals surface area contributed by atoms with E-state index in [1.165, 1.54) is 23.9 Å². The van der Waals surface area contributed by atoms with Crippen LogP contribution in [-0.2, 0) is 9.53 Å². The first kappa shape index (κ1) is 21.6. The van der Waals surface area contributed by atoms with Crippen molar-refractivity contribution >= 4 is 46.3 Å². The Labute approximate surface area is 187 Å². The molecule has 8 heteroatoms. The number of aliphatic hydroxyl groups excluding tert-OH is 1. The predicted molar refractivity (Wildman–Crippen MR) is 118 cm³/mol. The van der Waals surface area contributed by atoms with Crippen LogP contribution in [0.1, 0.15) is 18.4 Å². The van der Waals surface area contributed by atoms with Gasteiger partial charge in [-0.05, 0) is 36.4 Å². The summed E-state index contributed by atoms with van der Waals surface area (Å²) in [5.74, 6) is -0.264. The van der Waals surface area contributed by atoms with Gasteiger partial charge < -0.3 is 14.6 Å². The summed E-state index contributed by atoms with van der Waals surface area (Å²) in [4.78, 5) is 17.7. The van der Waals surface area contributed by atoms with E-state index in [1.54, 1.807) is 25.5 Å².